The van der Waals surface area contributed by atoms with Crippen LogP contribution in [0.25, 0.3) is 10.9 Å². The number of nitrogens with one attached hydrogen (secondary N) is 2. The molecule has 0 spiro atoms. The van der Waals surface area contributed by atoms with Gasteiger partial charge in [-0.05, 0) is 37.0 Å². The zero-order valence-electron chi connectivity index (χ0n) is 10.8. The highest BCUT2D eigenvalue weighted by atomic mass is 16.5. The van der Waals surface area contributed by atoms with Crippen molar-refractivity contribution in [2.24, 2.45) is 5.92 Å². The zero-order valence-corrected chi connectivity index (χ0v) is 10.8. The van der Waals surface area contributed by atoms with Crippen LogP contribution in [0.15, 0.2) is 30.5 Å². The first-order valence-corrected chi connectivity index (χ1v) is 6.72. The second kappa shape index (κ2) is 5.12. The molecule has 1 aliphatic rings. The number of hydrogen-bond acceptors (Lipinski definition) is 2. The molecule has 1 aliphatic heterocycles. The Morgan fingerprint density at radius 3 is 3.17 bits per heavy atom. The summed E-state index contributed by atoms with van der Waals surface area (Å²) in [6.45, 7) is 5.06. The van der Waals surface area contributed by atoms with Crippen LogP contribution in [0, 0.1) is 5.92 Å². The van der Waals surface area contributed by atoms with Gasteiger partial charge >= 0.3 is 0 Å². The summed E-state index contributed by atoms with van der Waals surface area (Å²) >= 11 is 0. The van der Waals surface area contributed by atoms with Crippen molar-refractivity contribution in [3.05, 3.63) is 36.0 Å². The number of H-pyrrole nitrogens is 1. The van der Waals surface area contributed by atoms with Crippen LogP contribution in [0.5, 0.6) is 0 Å². The van der Waals surface area contributed by atoms with Gasteiger partial charge in [0.2, 0.25) is 0 Å². The van der Waals surface area contributed by atoms with E-state index in [9.17, 15) is 0 Å². The van der Waals surface area contributed by atoms with Gasteiger partial charge in [-0.2, -0.15) is 0 Å². The second-order valence-electron chi connectivity index (χ2n) is 5.11. The third-order valence-electron chi connectivity index (χ3n) is 3.94. The fourth-order valence-electron chi connectivity index (χ4n) is 2.74. The van der Waals surface area contributed by atoms with Gasteiger partial charge < -0.3 is 15.0 Å². The fourth-order valence-corrected chi connectivity index (χ4v) is 2.74. The molecule has 0 aliphatic carbocycles. The largest absolute Gasteiger partial charge is 0.378 e. The molecule has 2 heterocycles. The molecule has 1 saturated heterocycles. The number of hydrogen-bond donors (Lipinski definition) is 2. The molecule has 2 atom stereocenters. The predicted molar refractivity (Wildman–Crippen MR) is 73.5 cm³/mol. The lowest BCUT2D eigenvalue weighted by Crippen LogP contribution is -2.26. The van der Waals surface area contributed by atoms with Gasteiger partial charge in [-0.15, -0.1) is 0 Å². The SMILES string of the molecule is CC1OCCC1CNCc1cccc2[nH]ccc12. The normalized spacial score (nSPS) is 23.8. The molecule has 18 heavy (non-hydrogen) atoms. The minimum Gasteiger partial charge on any atom is -0.378 e. The Kier molecular flexibility index (Phi) is 3.35. The molecule has 0 amide bonds. The number of aromatic amines is 1. The minimum absolute atomic E-state index is 0.403. The molecular formula is C15H20N2O. The minimum atomic E-state index is 0.403. The molecule has 0 radical (unpaired) electrons. The maximum absolute atomic E-state index is 5.58. The van der Waals surface area contributed by atoms with Crippen LogP contribution >= 0.6 is 0 Å². The molecule has 1 aromatic heterocycles. The third kappa shape index (κ3) is 2.28. The molecule has 0 saturated carbocycles. The topological polar surface area (TPSA) is 37.0 Å². The Balaban J connectivity index is 1.61. The van der Waals surface area contributed by atoms with Gasteiger partial charge in [-0.1, -0.05) is 12.1 Å². The van der Waals surface area contributed by atoms with Crippen molar-refractivity contribution in [1.29, 1.82) is 0 Å². The van der Waals surface area contributed by atoms with Gasteiger partial charge in [-0.3, -0.25) is 0 Å². The maximum Gasteiger partial charge on any atom is 0.0588 e. The van der Waals surface area contributed by atoms with Crippen molar-refractivity contribution in [2.75, 3.05) is 13.2 Å². The lowest BCUT2D eigenvalue weighted by atomic mass is 10.0. The monoisotopic (exact) mass is 244 g/mol. The number of fused-ring (bicyclic) bond motifs is 1. The molecule has 1 aromatic carbocycles. The summed E-state index contributed by atoms with van der Waals surface area (Å²) in [5.41, 5.74) is 2.58. The van der Waals surface area contributed by atoms with E-state index in [-0.39, 0.29) is 0 Å². The first kappa shape index (κ1) is 11.8. The van der Waals surface area contributed by atoms with Crippen molar-refractivity contribution in [2.45, 2.75) is 26.0 Å². The first-order chi connectivity index (χ1) is 8.84. The fraction of sp³-hybridized carbons (Fsp3) is 0.467. The summed E-state index contributed by atoms with van der Waals surface area (Å²) in [4.78, 5) is 3.25. The first-order valence-electron chi connectivity index (χ1n) is 6.72. The van der Waals surface area contributed by atoms with Gasteiger partial charge in [0.1, 0.15) is 0 Å². The molecule has 0 bridgehead atoms. The molecular weight excluding hydrogens is 224 g/mol. The summed E-state index contributed by atoms with van der Waals surface area (Å²) in [6.07, 6.45) is 3.59. The molecule has 2 unspecified atom stereocenters. The van der Waals surface area contributed by atoms with Crippen LogP contribution in [-0.2, 0) is 11.3 Å². The third-order valence-corrected chi connectivity index (χ3v) is 3.94. The molecule has 3 rings (SSSR count). The summed E-state index contributed by atoms with van der Waals surface area (Å²) in [6, 6.07) is 8.56. The molecule has 2 N–H and O–H groups in total. The summed E-state index contributed by atoms with van der Waals surface area (Å²) in [7, 11) is 0. The lowest BCUT2D eigenvalue weighted by Gasteiger charge is -2.15. The van der Waals surface area contributed by atoms with Gasteiger partial charge in [-0.25, -0.2) is 0 Å². The summed E-state index contributed by atoms with van der Waals surface area (Å²) in [5, 5.41) is 4.88. The van der Waals surface area contributed by atoms with Crippen LogP contribution in [0.3, 0.4) is 0 Å². The van der Waals surface area contributed by atoms with Crippen LogP contribution in [0.4, 0.5) is 0 Å². The standard InChI is InChI=1S/C15H20N2O/c1-11-12(6-8-18-11)9-16-10-13-3-2-4-15-14(13)5-7-17-15/h2-5,7,11-12,16-17H,6,8-10H2,1H3. The average molecular weight is 244 g/mol. The van der Waals surface area contributed by atoms with E-state index in [1.54, 1.807) is 0 Å². The Morgan fingerprint density at radius 1 is 1.39 bits per heavy atom. The molecule has 1 fully saturated rings. The van der Waals surface area contributed by atoms with E-state index in [1.165, 1.54) is 22.9 Å². The van der Waals surface area contributed by atoms with Crippen molar-refractivity contribution in [1.82, 2.24) is 10.3 Å². The van der Waals surface area contributed by atoms with Gasteiger partial charge in [0, 0.05) is 36.8 Å². The van der Waals surface area contributed by atoms with Crippen LogP contribution in [-0.4, -0.2) is 24.2 Å². The van der Waals surface area contributed by atoms with Crippen molar-refractivity contribution < 1.29 is 4.74 Å². The van der Waals surface area contributed by atoms with Gasteiger partial charge in [0.15, 0.2) is 0 Å². The highest BCUT2D eigenvalue weighted by Gasteiger charge is 2.23. The van der Waals surface area contributed by atoms with E-state index in [0.717, 1.165) is 19.7 Å². The molecule has 96 valence electrons. The highest BCUT2D eigenvalue weighted by molar-refractivity contribution is 5.82. The van der Waals surface area contributed by atoms with Crippen molar-refractivity contribution in [3.8, 4) is 0 Å². The van der Waals surface area contributed by atoms with Crippen molar-refractivity contribution >= 4 is 10.9 Å². The highest BCUT2D eigenvalue weighted by Crippen LogP contribution is 2.20. The molecule has 3 nitrogen and oxygen atoms in total. The molecule has 2 aromatic rings. The number of rotatable bonds is 4. The maximum atomic E-state index is 5.58. The van der Waals surface area contributed by atoms with E-state index < -0.39 is 0 Å². The Bertz CT molecular complexity index is 520. The van der Waals surface area contributed by atoms with Crippen LogP contribution in [0.2, 0.25) is 0 Å². The van der Waals surface area contributed by atoms with E-state index in [1.807, 2.05) is 6.20 Å². The van der Waals surface area contributed by atoms with E-state index >= 15 is 0 Å². The van der Waals surface area contributed by atoms with E-state index in [4.69, 9.17) is 4.74 Å². The lowest BCUT2D eigenvalue weighted by molar-refractivity contribution is 0.105. The Hall–Kier alpha value is -1.32. The van der Waals surface area contributed by atoms with Gasteiger partial charge in [0.25, 0.3) is 0 Å². The molecule has 3 heteroatoms. The second-order valence-corrected chi connectivity index (χ2v) is 5.11. The predicted octanol–water partition coefficient (Wildman–Crippen LogP) is 2.68. The van der Waals surface area contributed by atoms with Crippen LogP contribution < -0.4 is 5.32 Å². The van der Waals surface area contributed by atoms with E-state index in [0.29, 0.717) is 12.0 Å². The van der Waals surface area contributed by atoms with Crippen molar-refractivity contribution in [3.63, 3.8) is 0 Å². The Labute approximate surface area is 108 Å². The quantitative estimate of drug-likeness (QED) is 0.867. The average Bonchev–Trinajstić information content (AvgIpc) is 2.99. The van der Waals surface area contributed by atoms with E-state index in [2.05, 4.69) is 41.5 Å². The summed E-state index contributed by atoms with van der Waals surface area (Å²) < 4.78 is 5.58. The summed E-state index contributed by atoms with van der Waals surface area (Å²) in [5.74, 6) is 0.662. The number of ether oxygens (including phenoxy) is 1. The smallest absolute Gasteiger partial charge is 0.0588 e. The number of aromatic nitrogens is 1. The van der Waals surface area contributed by atoms with Gasteiger partial charge in [0.05, 0.1) is 6.10 Å². The Morgan fingerprint density at radius 2 is 2.33 bits per heavy atom. The number of benzene rings is 1. The zero-order chi connectivity index (χ0) is 12.4. The van der Waals surface area contributed by atoms with Crippen LogP contribution in [0.1, 0.15) is 18.9 Å².